The summed E-state index contributed by atoms with van der Waals surface area (Å²) in [6, 6.07) is 11.4. The van der Waals surface area contributed by atoms with Crippen molar-refractivity contribution in [2.24, 2.45) is 5.41 Å². The highest BCUT2D eigenvalue weighted by Crippen LogP contribution is 2.39. The fraction of sp³-hybridized carbons (Fsp3) is 0.308. The smallest absolute Gasteiger partial charge is 0.321 e. The van der Waals surface area contributed by atoms with E-state index in [2.05, 4.69) is 41.8 Å². The molecule has 0 spiro atoms. The van der Waals surface area contributed by atoms with Crippen molar-refractivity contribution in [2.75, 3.05) is 29.9 Å². The van der Waals surface area contributed by atoms with Gasteiger partial charge in [-0.2, -0.15) is 5.10 Å². The van der Waals surface area contributed by atoms with Gasteiger partial charge in [0.05, 0.1) is 27.5 Å². The maximum absolute atomic E-state index is 12.1. The summed E-state index contributed by atoms with van der Waals surface area (Å²) in [7, 11) is 0. The number of urea groups is 1. The van der Waals surface area contributed by atoms with E-state index >= 15 is 0 Å². The highest BCUT2D eigenvalue weighted by molar-refractivity contribution is 7.22. The van der Waals surface area contributed by atoms with Gasteiger partial charge in [0.15, 0.2) is 10.9 Å². The molecule has 0 unspecified atom stereocenters. The Morgan fingerprint density at radius 2 is 1.97 bits per heavy atom. The number of hydrogen-bond donors (Lipinski definition) is 3. The van der Waals surface area contributed by atoms with Crippen LogP contribution in [0.1, 0.15) is 26.7 Å². The standard InChI is InChI=1S/C26H27N7O3S/c1-3-27-24(36)31-25-30-20-13-16(12-18(22(20)37-25)19-6-4-5-9-28-19)17-14-21(32-29-15-17)33-10-7-26(2,8-11-33)23(34)35/h4-6,9,12-15H,3,7-8,10-11H2,1-2H3,(H,34,35)(H2,27,30,31,36). The van der Waals surface area contributed by atoms with Crippen LogP contribution < -0.4 is 15.5 Å². The number of carboxylic acid groups (broad SMARTS) is 1. The van der Waals surface area contributed by atoms with E-state index in [9.17, 15) is 14.7 Å². The molecule has 0 saturated carbocycles. The van der Waals surface area contributed by atoms with Crippen molar-refractivity contribution in [3.63, 3.8) is 0 Å². The van der Waals surface area contributed by atoms with Gasteiger partial charge in [-0.1, -0.05) is 17.4 Å². The van der Waals surface area contributed by atoms with Crippen molar-refractivity contribution >= 4 is 44.5 Å². The van der Waals surface area contributed by atoms with Gasteiger partial charge in [-0.15, -0.1) is 5.10 Å². The van der Waals surface area contributed by atoms with Crippen molar-refractivity contribution in [1.29, 1.82) is 0 Å². The Balaban J connectivity index is 1.52. The molecular formula is C26H27N7O3S. The fourth-order valence-corrected chi connectivity index (χ4v) is 5.34. The zero-order valence-electron chi connectivity index (χ0n) is 20.6. The van der Waals surface area contributed by atoms with Crippen molar-refractivity contribution < 1.29 is 14.7 Å². The van der Waals surface area contributed by atoms with Crippen LogP contribution in [0.15, 0.2) is 48.8 Å². The minimum Gasteiger partial charge on any atom is -0.481 e. The van der Waals surface area contributed by atoms with Crippen molar-refractivity contribution in [3.8, 4) is 22.4 Å². The van der Waals surface area contributed by atoms with Gasteiger partial charge in [-0.3, -0.25) is 15.1 Å². The number of thiazole rings is 1. The number of rotatable bonds is 6. The number of carbonyl (C=O) groups excluding carboxylic acids is 1. The number of carbonyl (C=O) groups is 2. The summed E-state index contributed by atoms with van der Waals surface area (Å²) in [5.74, 6) is -0.0482. The zero-order valence-corrected chi connectivity index (χ0v) is 21.4. The van der Waals surface area contributed by atoms with Crippen LogP contribution in [0.2, 0.25) is 0 Å². The lowest BCUT2D eigenvalue weighted by atomic mass is 9.80. The van der Waals surface area contributed by atoms with Crippen LogP contribution in [-0.2, 0) is 4.79 Å². The summed E-state index contributed by atoms with van der Waals surface area (Å²) in [5.41, 5.74) is 3.49. The molecule has 1 fully saturated rings. The largest absolute Gasteiger partial charge is 0.481 e. The first kappa shape index (κ1) is 24.6. The summed E-state index contributed by atoms with van der Waals surface area (Å²) in [4.78, 5) is 35.0. The molecule has 10 nitrogen and oxygen atoms in total. The molecule has 0 aliphatic carbocycles. The number of aliphatic carboxylic acids is 1. The number of fused-ring (bicyclic) bond motifs is 1. The Bertz CT molecular complexity index is 1450. The Morgan fingerprint density at radius 3 is 2.68 bits per heavy atom. The zero-order chi connectivity index (χ0) is 26.0. The minimum absolute atomic E-state index is 0.301. The summed E-state index contributed by atoms with van der Waals surface area (Å²) >= 11 is 1.40. The number of aromatic nitrogens is 4. The van der Waals surface area contributed by atoms with Gasteiger partial charge in [0.2, 0.25) is 0 Å². The number of nitrogens with zero attached hydrogens (tertiary/aromatic N) is 5. The van der Waals surface area contributed by atoms with E-state index in [-0.39, 0.29) is 6.03 Å². The third-order valence-electron chi connectivity index (χ3n) is 6.67. The predicted octanol–water partition coefficient (Wildman–Crippen LogP) is 4.65. The van der Waals surface area contributed by atoms with Crippen molar-refractivity contribution in [2.45, 2.75) is 26.7 Å². The van der Waals surface area contributed by atoms with Gasteiger partial charge in [-0.05, 0) is 62.6 Å². The van der Waals surface area contributed by atoms with E-state index in [0.717, 1.165) is 32.6 Å². The second-order valence-corrected chi connectivity index (χ2v) is 10.2. The summed E-state index contributed by atoms with van der Waals surface area (Å²) in [6.07, 6.45) is 4.54. The third kappa shape index (κ3) is 5.08. The number of amides is 2. The summed E-state index contributed by atoms with van der Waals surface area (Å²) < 4.78 is 0.917. The highest BCUT2D eigenvalue weighted by Gasteiger charge is 2.37. The van der Waals surface area contributed by atoms with Crippen LogP contribution in [0.5, 0.6) is 0 Å². The average molecular weight is 518 g/mol. The molecule has 4 aromatic rings. The van der Waals surface area contributed by atoms with Gasteiger partial charge in [0.25, 0.3) is 0 Å². The van der Waals surface area contributed by atoms with Gasteiger partial charge < -0.3 is 15.3 Å². The molecule has 0 atom stereocenters. The molecule has 190 valence electrons. The summed E-state index contributed by atoms with van der Waals surface area (Å²) in [6.45, 7) is 5.37. The van der Waals surface area contributed by atoms with Crippen LogP contribution in [-0.4, -0.2) is 56.9 Å². The van der Waals surface area contributed by atoms with Crippen LogP contribution in [0.25, 0.3) is 32.6 Å². The second kappa shape index (κ2) is 10.1. The minimum atomic E-state index is -0.758. The number of carboxylic acids is 1. The molecule has 3 aromatic heterocycles. The number of pyridine rings is 1. The first-order valence-electron chi connectivity index (χ1n) is 12.1. The molecule has 2 amide bonds. The molecule has 1 aromatic carbocycles. The Hall–Kier alpha value is -4.12. The van der Waals surface area contributed by atoms with E-state index in [1.807, 2.05) is 37.3 Å². The van der Waals surface area contributed by atoms with E-state index in [0.29, 0.717) is 43.4 Å². The van der Waals surface area contributed by atoms with E-state index in [4.69, 9.17) is 0 Å². The number of hydrogen-bond acceptors (Lipinski definition) is 8. The number of nitrogens with one attached hydrogen (secondary N) is 2. The lowest BCUT2D eigenvalue weighted by molar-refractivity contribution is -0.149. The average Bonchev–Trinajstić information content (AvgIpc) is 3.31. The number of anilines is 2. The summed E-state index contributed by atoms with van der Waals surface area (Å²) in [5, 5.41) is 24.1. The van der Waals surface area contributed by atoms with Crippen LogP contribution in [0, 0.1) is 5.41 Å². The quantitative estimate of drug-likeness (QED) is 0.337. The Morgan fingerprint density at radius 1 is 1.16 bits per heavy atom. The van der Waals surface area contributed by atoms with Crippen molar-refractivity contribution in [3.05, 3.63) is 48.8 Å². The molecule has 1 aliphatic rings. The molecule has 1 aliphatic heterocycles. The fourth-order valence-electron chi connectivity index (χ4n) is 4.38. The monoisotopic (exact) mass is 517 g/mol. The maximum atomic E-state index is 12.1. The van der Waals surface area contributed by atoms with E-state index < -0.39 is 11.4 Å². The van der Waals surface area contributed by atoms with Crippen LogP contribution in [0.4, 0.5) is 15.7 Å². The molecule has 11 heteroatoms. The normalized spacial score (nSPS) is 14.9. The topological polar surface area (TPSA) is 133 Å². The SMILES string of the molecule is CCNC(=O)Nc1nc2cc(-c3cnnc(N4CCC(C)(C(=O)O)CC4)c3)cc(-c3ccccn3)c2s1. The highest BCUT2D eigenvalue weighted by atomic mass is 32.1. The lowest BCUT2D eigenvalue weighted by Gasteiger charge is -2.36. The molecule has 4 heterocycles. The number of piperidine rings is 1. The first-order valence-corrected chi connectivity index (χ1v) is 12.9. The Kier molecular flexibility index (Phi) is 6.70. The molecule has 3 N–H and O–H groups in total. The molecule has 37 heavy (non-hydrogen) atoms. The van der Waals surface area contributed by atoms with Crippen LogP contribution in [0.3, 0.4) is 0 Å². The molecule has 5 rings (SSSR count). The Labute approximate surface area is 217 Å². The lowest BCUT2D eigenvalue weighted by Crippen LogP contribution is -2.43. The molecule has 0 radical (unpaired) electrons. The van der Waals surface area contributed by atoms with Gasteiger partial charge in [0, 0.05) is 37.0 Å². The van der Waals surface area contributed by atoms with E-state index in [1.54, 1.807) is 19.3 Å². The number of benzene rings is 1. The predicted molar refractivity (Wildman–Crippen MR) is 144 cm³/mol. The van der Waals surface area contributed by atoms with Crippen LogP contribution >= 0.6 is 11.3 Å². The van der Waals surface area contributed by atoms with Gasteiger partial charge in [-0.25, -0.2) is 9.78 Å². The molecule has 0 bridgehead atoms. The molecular weight excluding hydrogens is 490 g/mol. The maximum Gasteiger partial charge on any atom is 0.321 e. The van der Waals surface area contributed by atoms with E-state index in [1.165, 1.54) is 11.3 Å². The molecule has 1 saturated heterocycles. The first-order chi connectivity index (χ1) is 17.9. The second-order valence-electron chi connectivity index (χ2n) is 9.25. The third-order valence-corrected chi connectivity index (χ3v) is 7.69. The van der Waals surface area contributed by atoms with Gasteiger partial charge in [0.1, 0.15) is 0 Å². The van der Waals surface area contributed by atoms with Crippen molar-refractivity contribution in [1.82, 2.24) is 25.5 Å². The van der Waals surface area contributed by atoms with Gasteiger partial charge >= 0.3 is 12.0 Å².